The van der Waals surface area contributed by atoms with E-state index in [-0.39, 0.29) is 0 Å². The van der Waals surface area contributed by atoms with E-state index in [1.807, 2.05) is 6.26 Å². The molecule has 0 saturated heterocycles. The minimum absolute atomic E-state index is 0.333. The summed E-state index contributed by atoms with van der Waals surface area (Å²) in [5, 5.41) is 7.15. The summed E-state index contributed by atoms with van der Waals surface area (Å²) in [6.07, 6.45) is 3.37. The first-order valence-corrected chi connectivity index (χ1v) is 4.13. The third-order valence-electron chi connectivity index (χ3n) is 0.945. The van der Waals surface area contributed by atoms with Gasteiger partial charge in [-0.2, -0.15) is 0 Å². The first-order valence-electron chi connectivity index (χ1n) is 2.49. The molecule has 54 valence electrons. The molecule has 1 aromatic heterocycles. The summed E-state index contributed by atoms with van der Waals surface area (Å²) in [5.74, 6) is 0.333. The maximum Gasteiger partial charge on any atom is 0.227 e. The van der Waals surface area contributed by atoms with Crippen molar-refractivity contribution in [2.75, 3.05) is 12.0 Å². The van der Waals surface area contributed by atoms with Gasteiger partial charge in [-0.25, -0.2) is 0 Å². The number of anilines is 1. The molecule has 0 radical (unpaired) electrons. The summed E-state index contributed by atoms with van der Waals surface area (Å²) in [4.78, 5) is 0. The number of aromatic nitrogens is 3. The Hall–Kier alpha value is -0.620. The first-order chi connectivity index (χ1) is 4.75. The second-order valence-electron chi connectivity index (χ2n) is 1.53. The Labute approximate surface area is 67.8 Å². The monoisotopic (exact) mass is 174 g/mol. The molecule has 1 heterocycles. The second kappa shape index (κ2) is 2.98. The van der Waals surface area contributed by atoms with Crippen LogP contribution in [0.5, 0.6) is 0 Å². The Kier molecular flexibility index (Phi) is 2.23. The van der Waals surface area contributed by atoms with E-state index in [4.69, 9.17) is 18.0 Å². The van der Waals surface area contributed by atoms with Crippen LogP contribution in [0.3, 0.4) is 0 Å². The zero-order chi connectivity index (χ0) is 7.56. The fourth-order valence-electron chi connectivity index (χ4n) is 0.483. The topological polar surface area (TPSA) is 56.7 Å². The average molecular weight is 174 g/mol. The molecule has 0 saturated carbocycles. The average Bonchev–Trinajstić information content (AvgIpc) is 2.34. The zero-order valence-electron chi connectivity index (χ0n) is 5.31. The van der Waals surface area contributed by atoms with Gasteiger partial charge in [-0.3, -0.25) is 4.57 Å². The van der Waals surface area contributed by atoms with Gasteiger partial charge in [0.1, 0.15) is 10.6 Å². The highest BCUT2D eigenvalue weighted by Gasteiger charge is 2.01. The Bertz CT molecular complexity index is 243. The molecule has 0 amide bonds. The van der Waals surface area contributed by atoms with Crippen LogP contribution in [0.4, 0.5) is 5.95 Å². The molecule has 2 N–H and O–H groups in total. The predicted octanol–water partition coefficient (Wildman–Crippen LogP) is 0.356. The van der Waals surface area contributed by atoms with Gasteiger partial charge in [-0.05, 0) is 6.26 Å². The maximum absolute atomic E-state index is 5.41. The summed E-state index contributed by atoms with van der Waals surface area (Å²) in [5.41, 5.74) is 5.41. The Balaban J connectivity index is 2.93. The van der Waals surface area contributed by atoms with E-state index in [1.54, 1.807) is 4.57 Å². The number of rotatable bonds is 0. The summed E-state index contributed by atoms with van der Waals surface area (Å²) in [6, 6.07) is 0. The molecular weight excluding hydrogens is 168 g/mol. The molecule has 6 heteroatoms. The quantitative estimate of drug-likeness (QED) is 0.575. The van der Waals surface area contributed by atoms with Crippen molar-refractivity contribution in [1.29, 1.82) is 0 Å². The lowest BCUT2D eigenvalue weighted by Crippen LogP contribution is -2.06. The Morgan fingerprint density at radius 3 is 3.00 bits per heavy atom. The number of hydrogen-bond donors (Lipinski definition) is 1. The number of nitrogens with zero attached hydrogens (tertiary/aromatic N) is 3. The van der Waals surface area contributed by atoms with Gasteiger partial charge in [0.05, 0.1) is 0 Å². The van der Waals surface area contributed by atoms with Crippen LogP contribution in [-0.4, -0.2) is 25.3 Å². The van der Waals surface area contributed by atoms with E-state index in [2.05, 4.69) is 10.2 Å². The first kappa shape index (κ1) is 7.49. The minimum Gasteiger partial charge on any atom is -0.368 e. The summed E-state index contributed by atoms with van der Waals surface area (Å²) in [6.45, 7) is 0. The molecule has 0 aromatic carbocycles. The van der Waals surface area contributed by atoms with Crippen molar-refractivity contribution in [3.8, 4) is 0 Å². The van der Waals surface area contributed by atoms with Crippen molar-refractivity contribution in [3.05, 3.63) is 6.33 Å². The van der Waals surface area contributed by atoms with E-state index >= 15 is 0 Å². The largest absolute Gasteiger partial charge is 0.368 e. The molecule has 0 aliphatic heterocycles. The lowest BCUT2D eigenvalue weighted by molar-refractivity contribution is 1.10. The normalized spacial score (nSPS) is 9.70. The molecule has 0 aliphatic rings. The van der Waals surface area contributed by atoms with Gasteiger partial charge >= 0.3 is 0 Å². The summed E-state index contributed by atoms with van der Waals surface area (Å²) >= 11 is 6.36. The van der Waals surface area contributed by atoms with Gasteiger partial charge in [0.25, 0.3) is 0 Å². The van der Waals surface area contributed by atoms with Crippen molar-refractivity contribution in [2.45, 2.75) is 0 Å². The molecule has 0 atom stereocenters. The summed E-state index contributed by atoms with van der Waals surface area (Å²) < 4.78 is 2.21. The minimum atomic E-state index is 0.333. The Morgan fingerprint density at radius 1 is 1.90 bits per heavy atom. The van der Waals surface area contributed by atoms with Crippen LogP contribution in [0, 0.1) is 0 Å². The molecule has 1 aromatic rings. The van der Waals surface area contributed by atoms with E-state index in [1.165, 1.54) is 18.1 Å². The molecule has 10 heavy (non-hydrogen) atoms. The van der Waals surface area contributed by atoms with Crippen LogP contribution < -0.4 is 5.73 Å². The van der Waals surface area contributed by atoms with Gasteiger partial charge < -0.3 is 5.73 Å². The highest BCUT2D eigenvalue weighted by atomic mass is 32.2. The van der Waals surface area contributed by atoms with Crippen LogP contribution in [0.15, 0.2) is 6.33 Å². The standard InChI is InChI=1S/C4H6N4S2/c1-10-4(9)8-2-6-7-3(8)5/h2H,1H3,(H2,5,7). The van der Waals surface area contributed by atoms with Crippen LogP contribution in [0.2, 0.25) is 0 Å². The zero-order valence-corrected chi connectivity index (χ0v) is 6.95. The Morgan fingerprint density at radius 2 is 2.60 bits per heavy atom. The van der Waals surface area contributed by atoms with E-state index in [0.29, 0.717) is 10.3 Å². The molecule has 0 unspecified atom stereocenters. The number of nitrogen functional groups attached to an aromatic ring is 1. The smallest absolute Gasteiger partial charge is 0.227 e. The van der Waals surface area contributed by atoms with Crippen LogP contribution in [-0.2, 0) is 0 Å². The SMILES string of the molecule is CSC(=S)n1cnnc1N. The molecule has 0 fully saturated rings. The van der Waals surface area contributed by atoms with Gasteiger partial charge in [0.15, 0.2) is 0 Å². The van der Waals surface area contributed by atoms with Gasteiger partial charge in [-0.1, -0.05) is 24.0 Å². The molecule has 0 spiro atoms. The number of thiocarbonyl (C=S) groups is 1. The van der Waals surface area contributed by atoms with Crippen molar-refractivity contribution < 1.29 is 0 Å². The molecule has 4 nitrogen and oxygen atoms in total. The highest BCUT2D eigenvalue weighted by Crippen LogP contribution is 2.05. The highest BCUT2D eigenvalue weighted by molar-refractivity contribution is 8.22. The van der Waals surface area contributed by atoms with Crippen LogP contribution >= 0.6 is 24.0 Å². The van der Waals surface area contributed by atoms with Gasteiger partial charge in [0, 0.05) is 0 Å². The van der Waals surface area contributed by atoms with E-state index < -0.39 is 0 Å². The maximum atomic E-state index is 5.41. The second-order valence-corrected chi connectivity index (χ2v) is 2.97. The van der Waals surface area contributed by atoms with Crippen molar-refractivity contribution >= 4 is 34.2 Å². The lowest BCUT2D eigenvalue weighted by Gasteiger charge is -1.98. The van der Waals surface area contributed by atoms with E-state index in [0.717, 1.165) is 0 Å². The van der Waals surface area contributed by atoms with Crippen molar-refractivity contribution in [2.24, 2.45) is 0 Å². The molecule has 1 rings (SSSR count). The van der Waals surface area contributed by atoms with Crippen LogP contribution in [0.1, 0.15) is 0 Å². The molecular formula is C4H6N4S2. The van der Waals surface area contributed by atoms with Crippen molar-refractivity contribution in [3.63, 3.8) is 0 Å². The molecule has 0 aliphatic carbocycles. The van der Waals surface area contributed by atoms with Gasteiger partial charge in [-0.15, -0.1) is 10.2 Å². The number of thioether (sulfide) groups is 1. The number of nitrogens with two attached hydrogens (primary N) is 1. The molecule has 0 bridgehead atoms. The summed E-state index contributed by atoms with van der Waals surface area (Å²) in [7, 11) is 0. The third-order valence-corrected chi connectivity index (χ3v) is 2.19. The van der Waals surface area contributed by atoms with Crippen LogP contribution in [0.25, 0.3) is 0 Å². The number of hydrogen-bond acceptors (Lipinski definition) is 5. The fraction of sp³-hybridized carbons (Fsp3) is 0.250. The third kappa shape index (κ3) is 1.27. The lowest BCUT2D eigenvalue weighted by atomic mass is 11.0. The van der Waals surface area contributed by atoms with E-state index in [9.17, 15) is 0 Å². The van der Waals surface area contributed by atoms with Gasteiger partial charge in [0.2, 0.25) is 5.95 Å². The fourth-order valence-corrected chi connectivity index (χ4v) is 0.961. The predicted molar refractivity (Wildman–Crippen MR) is 45.9 cm³/mol. The van der Waals surface area contributed by atoms with Crippen molar-refractivity contribution in [1.82, 2.24) is 14.8 Å².